The van der Waals surface area contributed by atoms with E-state index < -0.39 is 0 Å². The lowest BCUT2D eigenvalue weighted by molar-refractivity contribution is -0.130. The van der Waals surface area contributed by atoms with Crippen LogP contribution in [0.5, 0.6) is 0 Å². The van der Waals surface area contributed by atoms with Gasteiger partial charge in [-0.15, -0.1) is 0 Å². The lowest BCUT2D eigenvalue weighted by Gasteiger charge is -2.40. The number of fused-ring (bicyclic) bond motifs is 1. The zero-order chi connectivity index (χ0) is 24.2. The van der Waals surface area contributed by atoms with E-state index in [0.29, 0.717) is 24.1 Å². The maximum absolute atomic E-state index is 13.0. The third kappa shape index (κ3) is 5.90. The molecule has 2 aromatic rings. The molecule has 1 aromatic carbocycles. The summed E-state index contributed by atoms with van der Waals surface area (Å²) in [6.45, 7) is 9.12. The molecule has 1 atom stereocenters. The van der Waals surface area contributed by atoms with E-state index in [0.717, 1.165) is 70.8 Å². The highest BCUT2D eigenvalue weighted by atomic mass is 16.2. The van der Waals surface area contributed by atoms with Crippen LogP contribution in [-0.2, 0) is 24.3 Å². The van der Waals surface area contributed by atoms with Crippen LogP contribution in [0, 0.1) is 5.92 Å². The van der Waals surface area contributed by atoms with Gasteiger partial charge in [-0.05, 0) is 68.0 Å². The van der Waals surface area contributed by atoms with Crippen LogP contribution in [0.25, 0.3) is 0 Å². The number of hydrogen-bond donors (Lipinski definition) is 1. The van der Waals surface area contributed by atoms with Crippen molar-refractivity contribution >= 4 is 11.8 Å². The molecule has 1 N–H and O–H groups in total. The van der Waals surface area contributed by atoms with E-state index in [-0.39, 0.29) is 11.8 Å². The Morgan fingerprint density at radius 1 is 1.06 bits per heavy atom. The molecule has 7 heteroatoms. The maximum atomic E-state index is 13.0. The molecule has 0 saturated carbocycles. The van der Waals surface area contributed by atoms with Crippen LogP contribution in [0.15, 0.2) is 42.6 Å². The second-order valence-corrected chi connectivity index (χ2v) is 10.4. The molecule has 0 radical (unpaired) electrons. The summed E-state index contributed by atoms with van der Waals surface area (Å²) in [5, 5.41) is 3.21. The highest BCUT2D eigenvalue weighted by molar-refractivity contribution is 5.94. The number of pyridine rings is 1. The summed E-state index contributed by atoms with van der Waals surface area (Å²) in [6, 6.07) is 12.8. The van der Waals surface area contributed by atoms with Crippen LogP contribution in [0.4, 0.5) is 0 Å². The minimum atomic E-state index is -0.0183. The summed E-state index contributed by atoms with van der Waals surface area (Å²) in [6.07, 6.45) is 5.84. The number of benzene rings is 1. The zero-order valence-electron chi connectivity index (χ0n) is 20.8. The van der Waals surface area contributed by atoms with Gasteiger partial charge in [0.05, 0.1) is 0 Å². The van der Waals surface area contributed by atoms with Crippen LogP contribution in [0.1, 0.15) is 53.4 Å². The fraction of sp³-hybridized carbons (Fsp3) is 0.536. The Morgan fingerprint density at radius 2 is 1.77 bits per heavy atom. The SMILES string of the molecule is CC(=O)N1CCC(Cc2cc(C(=O)NC[C@@H](CN3Cc4ccccc4C3)N3CCC3)ccn2)CC1. The van der Waals surface area contributed by atoms with Gasteiger partial charge < -0.3 is 10.2 Å². The van der Waals surface area contributed by atoms with E-state index >= 15 is 0 Å². The molecule has 2 fully saturated rings. The molecule has 3 aliphatic rings. The molecule has 0 bridgehead atoms. The number of likely N-dealkylation sites (tertiary alicyclic amines) is 2. The first-order chi connectivity index (χ1) is 17.0. The van der Waals surface area contributed by atoms with Crippen LogP contribution in [0.2, 0.25) is 0 Å². The lowest BCUT2D eigenvalue weighted by Crippen LogP contribution is -2.54. The number of aromatic nitrogens is 1. The predicted molar refractivity (Wildman–Crippen MR) is 136 cm³/mol. The number of rotatable bonds is 8. The molecule has 0 spiro atoms. The fourth-order valence-electron chi connectivity index (χ4n) is 5.64. The first-order valence-corrected chi connectivity index (χ1v) is 13.1. The third-order valence-electron chi connectivity index (χ3n) is 7.92. The normalized spacial score (nSPS) is 19.7. The van der Waals surface area contributed by atoms with E-state index in [1.165, 1.54) is 17.5 Å². The molecule has 0 unspecified atom stereocenters. The number of carbonyl (C=O) groups is 2. The van der Waals surface area contributed by atoms with Gasteiger partial charge >= 0.3 is 0 Å². The molecule has 5 rings (SSSR count). The Kier molecular flexibility index (Phi) is 7.44. The number of carbonyl (C=O) groups excluding carboxylic acids is 2. The minimum Gasteiger partial charge on any atom is -0.350 e. The number of amides is 2. The standard InChI is InChI=1S/C28H37N5O2/c1-21(34)32-13-8-22(9-14-32)15-26-16-23(7-10-29-26)28(35)30-17-27(33-11-4-12-33)20-31-18-24-5-2-3-6-25(24)19-31/h2-3,5-7,10,16,22,27H,4,8-9,11-15,17-20H2,1H3,(H,30,35)/t27-/m0/s1. The van der Waals surface area contributed by atoms with E-state index in [4.69, 9.17) is 0 Å². The van der Waals surface area contributed by atoms with Gasteiger partial charge in [0.1, 0.15) is 0 Å². The number of hydrogen-bond acceptors (Lipinski definition) is 5. The zero-order valence-corrected chi connectivity index (χ0v) is 20.8. The smallest absolute Gasteiger partial charge is 0.251 e. The number of piperidine rings is 1. The molecule has 2 amide bonds. The summed E-state index contributed by atoms with van der Waals surface area (Å²) < 4.78 is 0. The molecule has 1 aromatic heterocycles. The van der Waals surface area contributed by atoms with Crippen LogP contribution < -0.4 is 5.32 Å². The summed E-state index contributed by atoms with van der Waals surface area (Å²) >= 11 is 0. The average Bonchev–Trinajstić information content (AvgIpc) is 3.24. The minimum absolute atomic E-state index is 0.0183. The van der Waals surface area contributed by atoms with E-state index in [1.807, 2.05) is 17.0 Å². The van der Waals surface area contributed by atoms with Crippen LogP contribution in [0.3, 0.4) is 0 Å². The van der Waals surface area contributed by atoms with Gasteiger partial charge in [-0.2, -0.15) is 0 Å². The number of nitrogens with zero attached hydrogens (tertiary/aromatic N) is 4. The van der Waals surface area contributed by atoms with Gasteiger partial charge in [-0.3, -0.25) is 24.4 Å². The first kappa shape index (κ1) is 23.9. The Morgan fingerprint density at radius 3 is 2.40 bits per heavy atom. The van der Waals surface area contributed by atoms with Gasteiger partial charge in [0.2, 0.25) is 5.91 Å². The fourth-order valence-corrected chi connectivity index (χ4v) is 5.64. The molecule has 186 valence electrons. The lowest BCUT2D eigenvalue weighted by atomic mass is 9.91. The third-order valence-corrected chi connectivity index (χ3v) is 7.92. The monoisotopic (exact) mass is 475 g/mol. The molecule has 2 saturated heterocycles. The quantitative estimate of drug-likeness (QED) is 0.636. The average molecular weight is 476 g/mol. The first-order valence-electron chi connectivity index (χ1n) is 13.1. The Balaban J connectivity index is 1.14. The molecule has 4 heterocycles. The van der Waals surface area contributed by atoms with Crippen molar-refractivity contribution in [3.8, 4) is 0 Å². The highest BCUT2D eigenvalue weighted by Gasteiger charge is 2.29. The van der Waals surface area contributed by atoms with Crippen molar-refractivity contribution < 1.29 is 9.59 Å². The Hall–Kier alpha value is -2.77. The number of nitrogens with one attached hydrogen (secondary N) is 1. The topological polar surface area (TPSA) is 68.8 Å². The van der Waals surface area contributed by atoms with Gasteiger partial charge in [0, 0.05) is 69.7 Å². The van der Waals surface area contributed by atoms with Crippen molar-refractivity contribution in [3.63, 3.8) is 0 Å². The van der Waals surface area contributed by atoms with Crippen molar-refractivity contribution in [2.75, 3.05) is 39.3 Å². The molecule has 0 aliphatic carbocycles. The second kappa shape index (κ2) is 10.9. The summed E-state index contributed by atoms with van der Waals surface area (Å²) in [7, 11) is 0. The van der Waals surface area contributed by atoms with Crippen LogP contribution >= 0.6 is 0 Å². The van der Waals surface area contributed by atoms with Gasteiger partial charge in [-0.1, -0.05) is 24.3 Å². The Labute approximate surface area is 208 Å². The molecule has 3 aliphatic heterocycles. The largest absolute Gasteiger partial charge is 0.350 e. The Bertz CT molecular complexity index is 1020. The summed E-state index contributed by atoms with van der Waals surface area (Å²) in [5.74, 6) is 0.651. The molecular weight excluding hydrogens is 438 g/mol. The van der Waals surface area contributed by atoms with Crippen LogP contribution in [-0.4, -0.2) is 76.8 Å². The molecule has 7 nitrogen and oxygen atoms in total. The van der Waals surface area contributed by atoms with E-state index in [2.05, 4.69) is 44.4 Å². The van der Waals surface area contributed by atoms with Gasteiger partial charge in [0.25, 0.3) is 5.91 Å². The second-order valence-electron chi connectivity index (χ2n) is 10.4. The van der Waals surface area contributed by atoms with Gasteiger partial charge in [-0.25, -0.2) is 0 Å². The van der Waals surface area contributed by atoms with Crippen molar-refractivity contribution in [2.24, 2.45) is 5.92 Å². The molecular formula is C28H37N5O2. The molecule has 35 heavy (non-hydrogen) atoms. The van der Waals surface area contributed by atoms with Crippen molar-refractivity contribution in [1.29, 1.82) is 0 Å². The van der Waals surface area contributed by atoms with Gasteiger partial charge in [0.15, 0.2) is 0 Å². The summed E-state index contributed by atoms with van der Waals surface area (Å²) in [5.41, 5.74) is 4.51. The van der Waals surface area contributed by atoms with Crippen molar-refractivity contribution in [3.05, 3.63) is 65.0 Å². The van der Waals surface area contributed by atoms with E-state index in [1.54, 1.807) is 13.1 Å². The van der Waals surface area contributed by atoms with Crippen molar-refractivity contribution in [1.82, 2.24) is 25.0 Å². The predicted octanol–water partition coefficient (Wildman–Crippen LogP) is 2.70. The van der Waals surface area contributed by atoms with E-state index in [9.17, 15) is 9.59 Å². The summed E-state index contributed by atoms with van der Waals surface area (Å²) in [4.78, 5) is 36.1. The van der Waals surface area contributed by atoms with Crippen molar-refractivity contribution in [2.45, 2.75) is 51.7 Å². The highest BCUT2D eigenvalue weighted by Crippen LogP contribution is 2.24. The maximum Gasteiger partial charge on any atom is 0.251 e.